The van der Waals surface area contributed by atoms with E-state index in [1.807, 2.05) is 24.3 Å². The molecule has 1 fully saturated rings. The van der Waals surface area contributed by atoms with Crippen LogP contribution in [0.5, 0.6) is 0 Å². The molecule has 1 unspecified atom stereocenters. The molecule has 5 nitrogen and oxygen atoms in total. The van der Waals surface area contributed by atoms with Gasteiger partial charge in [-0.15, -0.1) is 0 Å². The minimum Gasteiger partial charge on any atom is -0.353 e. The molecule has 2 aromatic carbocycles. The smallest absolute Gasteiger partial charge is 0.280 e. The monoisotopic (exact) mass is 390 g/mol. The third kappa shape index (κ3) is 3.00. The lowest BCUT2D eigenvalue weighted by molar-refractivity contribution is -0.161. The van der Waals surface area contributed by atoms with Crippen molar-refractivity contribution in [2.45, 2.75) is 51.2 Å². The number of ether oxygens (including phenoxy) is 2. The van der Waals surface area contributed by atoms with E-state index in [-0.39, 0.29) is 17.3 Å². The van der Waals surface area contributed by atoms with Crippen molar-refractivity contribution in [2.75, 3.05) is 13.2 Å². The van der Waals surface area contributed by atoms with Crippen LogP contribution in [0.4, 0.5) is 0 Å². The molecular weight excluding hydrogens is 364 g/mol. The van der Waals surface area contributed by atoms with Gasteiger partial charge in [-0.2, -0.15) is 4.98 Å². The van der Waals surface area contributed by atoms with Gasteiger partial charge >= 0.3 is 0 Å². The molecule has 2 aliphatic heterocycles. The molecule has 0 amide bonds. The minimum atomic E-state index is -0.351. The molecule has 0 N–H and O–H groups in total. The molecule has 150 valence electrons. The lowest BCUT2D eigenvalue weighted by Crippen LogP contribution is -2.25. The van der Waals surface area contributed by atoms with Crippen molar-refractivity contribution in [3.05, 3.63) is 69.8 Å². The van der Waals surface area contributed by atoms with Gasteiger partial charge < -0.3 is 9.47 Å². The number of para-hydroxylation sites is 1. The SMILES string of the molecule is CC1(C)c2c(CCOC3CCCCO3)cccc2-n2c1nc(=O)c1ccccc12. The quantitative estimate of drug-likeness (QED) is 0.673. The Morgan fingerprint density at radius 1 is 1.17 bits per heavy atom. The Bertz CT molecular complexity index is 1130. The Balaban J connectivity index is 1.54. The Morgan fingerprint density at radius 2 is 2.03 bits per heavy atom. The topological polar surface area (TPSA) is 53.4 Å². The molecule has 3 aromatic rings. The van der Waals surface area contributed by atoms with E-state index in [1.54, 1.807) is 0 Å². The van der Waals surface area contributed by atoms with Gasteiger partial charge in [-0.3, -0.25) is 9.36 Å². The second kappa shape index (κ2) is 7.08. The Hall–Kier alpha value is -2.50. The van der Waals surface area contributed by atoms with Crippen LogP contribution in [-0.4, -0.2) is 29.1 Å². The first-order valence-corrected chi connectivity index (χ1v) is 10.5. The third-order valence-corrected chi connectivity index (χ3v) is 6.16. The van der Waals surface area contributed by atoms with Crippen molar-refractivity contribution in [3.8, 4) is 5.69 Å². The molecule has 0 radical (unpaired) electrons. The number of benzene rings is 2. The van der Waals surface area contributed by atoms with Crippen LogP contribution >= 0.6 is 0 Å². The summed E-state index contributed by atoms with van der Waals surface area (Å²) < 4.78 is 13.8. The third-order valence-electron chi connectivity index (χ3n) is 6.16. The Morgan fingerprint density at radius 3 is 2.86 bits per heavy atom. The van der Waals surface area contributed by atoms with Crippen molar-refractivity contribution < 1.29 is 9.47 Å². The van der Waals surface area contributed by atoms with Crippen molar-refractivity contribution >= 4 is 10.9 Å². The zero-order valence-corrected chi connectivity index (χ0v) is 17.0. The van der Waals surface area contributed by atoms with E-state index in [9.17, 15) is 4.79 Å². The second-order valence-corrected chi connectivity index (χ2v) is 8.45. The van der Waals surface area contributed by atoms with Crippen LogP contribution in [0.15, 0.2) is 47.3 Å². The molecule has 2 aliphatic rings. The lowest BCUT2D eigenvalue weighted by Gasteiger charge is -2.24. The van der Waals surface area contributed by atoms with E-state index in [1.165, 1.54) is 17.5 Å². The van der Waals surface area contributed by atoms with Crippen molar-refractivity contribution in [1.82, 2.24) is 9.55 Å². The fourth-order valence-electron chi connectivity index (χ4n) is 4.79. The van der Waals surface area contributed by atoms with Gasteiger partial charge in [-0.25, -0.2) is 0 Å². The molecule has 0 aliphatic carbocycles. The first kappa shape index (κ1) is 18.5. The molecule has 0 saturated carbocycles. The molecule has 5 heteroatoms. The van der Waals surface area contributed by atoms with Gasteiger partial charge in [-0.1, -0.05) is 24.3 Å². The van der Waals surface area contributed by atoms with Crippen LogP contribution in [0, 0.1) is 0 Å². The molecule has 1 aromatic heterocycles. The molecule has 5 rings (SSSR count). The maximum absolute atomic E-state index is 12.7. The predicted molar refractivity (Wildman–Crippen MR) is 113 cm³/mol. The van der Waals surface area contributed by atoms with Crippen LogP contribution in [0.1, 0.15) is 50.1 Å². The fourth-order valence-corrected chi connectivity index (χ4v) is 4.79. The summed E-state index contributed by atoms with van der Waals surface area (Å²) in [5.41, 5.74) is 3.99. The summed E-state index contributed by atoms with van der Waals surface area (Å²) in [5, 5.41) is 0.656. The highest BCUT2D eigenvalue weighted by atomic mass is 16.7. The molecule has 1 saturated heterocycles. The van der Waals surface area contributed by atoms with Crippen molar-refractivity contribution in [1.29, 1.82) is 0 Å². The number of fused-ring (bicyclic) bond motifs is 5. The summed E-state index contributed by atoms with van der Waals surface area (Å²) in [6.45, 7) is 5.72. The van der Waals surface area contributed by atoms with E-state index in [4.69, 9.17) is 9.47 Å². The van der Waals surface area contributed by atoms with Crippen LogP contribution in [-0.2, 0) is 21.3 Å². The fraction of sp³-hybridized carbons (Fsp3) is 0.417. The molecule has 29 heavy (non-hydrogen) atoms. The van der Waals surface area contributed by atoms with Gasteiger partial charge in [0.25, 0.3) is 5.56 Å². The van der Waals surface area contributed by atoms with E-state index >= 15 is 0 Å². The zero-order valence-electron chi connectivity index (χ0n) is 17.0. The average Bonchev–Trinajstić information content (AvgIpc) is 2.97. The summed E-state index contributed by atoms with van der Waals surface area (Å²) in [4.78, 5) is 17.2. The number of hydrogen-bond acceptors (Lipinski definition) is 4. The number of aromatic nitrogens is 2. The van der Waals surface area contributed by atoms with E-state index in [0.29, 0.717) is 12.0 Å². The average molecular weight is 390 g/mol. The van der Waals surface area contributed by atoms with Gasteiger partial charge in [0.2, 0.25) is 0 Å². The Kier molecular flexibility index (Phi) is 4.52. The van der Waals surface area contributed by atoms with Crippen molar-refractivity contribution in [2.24, 2.45) is 0 Å². The first-order valence-electron chi connectivity index (χ1n) is 10.5. The highest BCUT2D eigenvalue weighted by molar-refractivity contribution is 5.82. The number of hydrogen-bond donors (Lipinski definition) is 0. The molecule has 3 heterocycles. The summed E-state index contributed by atoms with van der Waals surface area (Å²) in [6.07, 6.45) is 4.00. The van der Waals surface area contributed by atoms with E-state index in [0.717, 1.165) is 42.9 Å². The lowest BCUT2D eigenvalue weighted by atomic mass is 9.82. The van der Waals surface area contributed by atoms with Crippen LogP contribution in [0.25, 0.3) is 16.6 Å². The Labute approximate surface area is 170 Å². The molecule has 0 spiro atoms. The molecule has 0 bridgehead atoms. The zero-order chi connectivity index (χ0) is 20.0. The van der Waals surface area contributed by atoms with Crippen molar-refractivity contribution in [3.63, 3.8) is 0 Å². The second-order valence-electron chi connectivity index (χ2n) is 8.45. The van der Waals surface area contributed by atoms with Gasteiger partial charge in [0.1, 0.15) is 5.82 Å². The van der Waals surface area contributed by atoms with Gasteiger partial charge in [0.05, 0.1) is 28.6 Å². The van der Waals surface area contributed by atoms with Gasteiger partial charge in [0, 0.05) is 6.61 Å². The highest BCUT2D eigenvalue weighted by Crippen LogP contribution is 2.44. The molecular formula is C24H26N2O3. The van der Waals surface area contributed by atoms with Gasteiger partial charge in [-0.05, 0) is 68.9 Å². The summed E-state index contributed by atoms with van der Waals surface area (Å²) in [7, 11) is 0. The maximum Gasteiger partial charge on any atom is 0.280 e. The van der Waals surface area contributed by atoms with Crippen LogP contribution in [0.3, 0.4) is 0 Å². The van der Waals surface area contributed by atoms with E-state index in [2.05, 4.69) is 41.6 Å². The van der Waals surface area contributed by atoms with E-state index < -0.39 is 0 Å². The predicted octanol–water partition coefficient (Wildman–Crippen LogP) is 4.11. The van der Waals surface area contributed by atoms with Gasteiger partial charge in [0.15, 0.2) is 6.29 Å². The summed E-state index contributed by atoms with van der Waals surface area (Å²) in [5.74, 6) is 0.806. The first-order chi connectivity index (χ1) is 14.1. The largest absolute Gasteiger partial charge is 0.353 e. The minimum absolute atomic E-state index is 0.0753. The number of nitrogens with zero attached hydrogens (tertiary/aromatic N) is 2. The normalized spacial score (nSPS) is 19.9. The van der Waals surface area contributed by atoms with Crippen LogP contribution < -0.4 is 5.56 Å². The van der Waals surface area contributed by atoms with Crippen LogP contribution in [0.2, 0.25) is 0 Å². The maximum atomic E-state index is 12.7. The highest BCUT2D eigenvalue weighted by Gasteiger charge is 2.39. The summed E-state index contributed by atoms with van der Waals surface area (Å²) >= 11 is 0. The molecule has 1 atom stereocenters. The summed E-state index contributed by atoms with van der Waals surface area (Å²) in [6, 6.07) is 14.1. The number of rotatable bonds is 4. The standard InChI is InChI=1S/C24H26N2O3/c1-24(2)21-16(13-15-29-20-12-5-6-14-28-20)8-7-11-19(21)26-18-10-4-3-9-17(18)22(27)25-23(24)26/h3-4,7-11,20H,5-6,12-15H2,1-2H3.